The third-order valence-electron chi connectivity index (χ3n) is 6.78. The second-order valence-corrected chi connectivity index (χ2v) is 11.1. The largest absolute Gasteiger partial charge is 0.494 e. The summed E-state index contributed by atoms with van der Waals surface area (Å²) in [4.78, 5) is 63.1. The standard InChI is InChI=1S/C30H45N3O8/c1-30(2,3)41-29(38)33-15-13-23(14-16-33)39-18-7-6-8-19-40-24-12-11-22(21-35)25(20-24)28(37)32(5)26(10-9-17-34)27(36)31-4/h11-12,17,20-21,23,26H,6-10,13-16,18-19H2,1-5H3,(H,31,36). The number of aldehydes is 2. The predicted octanol–water partition coefficient (Wildman–Crippen LogP) is 3.63. The van der Waals surface area contributed by atoms with Crippen molar-refractivity contribution in [2.24, 2.45) is 0 Å². The highest BCUT2D eigenvalue weighted by Crippen LogP contribution is 2.21. The van der Waals surface area contributed by atoms with Crippen LogP contribution in [-0.2, 0) is 19.1 Å². The van der Waals surface area contributed by atoms with E-state index in [9.17, 15) is 24.0 Å². The molecule has 1 fully saturated rings. The molecular weight excluding hydrogens is 530 g/mol. The fourth-order valence-corrected chi connectivity index (χ4v) is 4.49. The maximum Gasteiger partial charge on any atom is 0.410 e. The lowest BCUT2D eigenvalue weighted by Gasteiger charge is -2.33. The number of amides is 3. The third-order valence-corrected chi connectivity index (χ3v) is 6.78. The smallest absolute Gasteiger partial charge is 0.410 e. The molecule has 41 heavy (non-hydrogen) atoms. The minimum Gasteiger partial charge on any atom is -0.494 e. The van der Waals surface area contributed by atoms with E-state index in [1.807, 2.05) is 20.8 Å². The average molecular weight is 576 g/mol. The highest BCUT2D eigenvalue weighted by atomic mass is 16.6. The number of nitrogens with one attached hydrogen (secondary N) is 1. The Morgan fingerprint density at radius 2 is 1.78 bits per heavy atom. The van der Waals surface area contributed by atoms with Gasteiger partial charge in [0.1, 0.15) is 23.7 Å². The number of ether oxygens (including phenoxy) is 3. The van der Waals surface area contributed by atoms with Crippen LogP contribution in [0, 0.1) is 0 Å². The molecule has 1 aromatic rings. The molecule has 1 aliphatic rings. The number of likely N-dealkylation sites (N-methyl/N-ethyl adjacent to an activating group) is 2. The number of rotatable bonds is 15. The van der Waals surface area contributed by atoms with E-state index in [-0.39, 0.29) is 36.2 Å². The van der Waals surface area contributed by atoms with Crippen molar-refractivity contribution in [1.29, 1.82) is 0 Å². The van der Waals surface area contributed by atoms with Gasteiger partial charge >= 0.3 is 6.09 Å². The van der Waals surface area contributed by atoms with Crippen LogP contribution in [-0.4, -0.2) is 98.4 Å². The summed E-state index contributed by atoms with van der Waals surface area (Å²) in [7, 11) is 2.94. The summed E-state index contributed by atoms with van der Waals surface area (Å²) in [5, 5.41) is 2.51. The van der Waals surface area contributed by atoms with Gasteiger partial charge in [0.15, 0.2) is 6.29 Å². The average Bonchev–Trinajstić information content (AvgIpc) is 2.95. The number of piperidine rings is 1. The number of hydrogen-bond donors (Lipinski definition) is 1. The van der Waals surface area contributed by atoms with Crippen LogP contribution in [0.3, 0.4) is 0 Å². The van der Waals surface area contributed by atoms with Crippen molar-refractivity contribution in [2.75, 3.05) is 40.4 Å². The molecule has 0 spiro atoms. The van der Waals surface area contributed by atoms with E-state index in [0.717, 1.165) is 32.1 Å². The second kappa shape index (κ2) is 16.7. The Morgan fingerprint density at radius 3 is 2.39 bits per heavy atom. The van der Waals surface area contributed by atoms with Crippen LogP contribution >= 0.6 is 0 Å². The molecule has 3 amide bonds. The van der Waals surface area contributed by atoms with Gasteiger partial charge < -0.3 is 34.1 Å². The van der Waals surface area contributed by atoms with E-state index >= 15 is 0 Å². The Kier molecular flexibility index (Phi) is 13.8. The van der Waals surface area contributed by atoms with Crippen molar-refractivity contribution in [3.63, 3.8) is 0 Å². The molecule has 228 valence electrons. The number of nitrogens with zero attached hydrogens (tertiary/aromatic N) is 2. The van der Waals surface area contributed by atoms with Gasteiger partial charge in [-0.05, 0) is 77.5 Å². The van der Waals surface area contributed by atoms with Crippen LogP contribution in [0.4, 0.5) is 4.79 Å². The summed E-state index contributed by atoms with van der Waals surface area (Å²) in [5.41, 5.74) is -0.181. The fourth-order valence-electron chi connectivity index (χ4n) is 4.49. The Labute approximate surface area is 242 Å². The Bertz CT molecular complexity index is 1030. The Morgan fingerprint density at radius 1 is 1.10 bits per heavy atom. The minimum absolute atomic E-state index is 0.123. The molecule has 0 bridgehead atoms. The molecule has 11 heteroatoms. The number of benzene rings is 1. The van der Waals surface area contributed by atoms with E-state index in [0.29, 0.717) is 44.6 Å². The first-order valence-corrected chi connectivity index (χ1v) is 14.2. The predicted molar refractivity (Wildman–Crippen MR) is 153 cm³/mol. The number of hydrogen-bond acceptors (Lipinski definition) is 8. The van der Waals surface area contributed by atoms with Crippen LogP contribution in [0.1, 0.15) is 86.4 Å². The first-order valence-electron chi connectivity index (χ1n) is 14.2. The van der Waals surface area contributed by atoms with Crippen LogP contribution in [0.2, 0.25) is 0 Å². The normalized spacial score (nSPS) is 14.6. The lowest BCUT2D eigenvalue weighted by Crippen LogP contribution is -2.47. The van der Waals surface area contributed by atoms with Crippen molar-refractivity contribution < 1.29 is 38.2 Å². The summed E-state index contributed by atoms with van der Waals surface area (Å²) in [6, 6.07) is 3.82. The van der Waals surface area contributed by atoms with Crippen molar-refractivity contribution >= 4 is 30.5 Å². The van der Waals surface area contributed by atoms with Gasteiger partial charge in [-0.1, -0.05) is 0 Å². The van der Waals surface area contributed by atoms with E-state index in [2.05, 4.69) is 5.32 Å². The van der Waals surface area contributed by atoms with Gasteiger partial charge in [-0.2, -0.15) is 0 Å². The van der Waals surface area contributed by atoms with E-state index in [1.165, 1.54) is 31.1 Å². The lowest BCUT2D eigenvalue weighted by atomic mass is 10.0. The van der Waals surface area contributed by atoms with Crippen molar-refractivity contribution in [1.82, 2.24) is 15.1 Å². The Hall–Kier alpha value is -3.47. The van der Waals surface area contributed by atoms with Gasteiger partial charge in [0.25, 0.3) is 5.91 Å². The zero-order valence-corrected chi connectivity index (χ0v) is 25.0. The van der Waals surface area contributed by atoms with Crippen LogP contribution in [0.25, 0.3) is 0 Å². The van der Waals surface area contributed by atoms with Gasteiger partial charge in [0.2, 0.25) is 5.91 Å². The zero-order chi connectivity index (χ0) is 30.4. The molecule has 1 atom stereocenters. The SMILES string of the molecule is CNC(=O)C(CCC=O)N(C)C(=O)c1cc(OCCCCCOC2CCN(C(=O)OC(C)(C)C)CC2)ccc1C=O. The first-order chi connectivity index (χ1) is 19.5. The molecule has 1 aromatic carbocycles. The van der Waals surface area contributed by atoms with Gasteiger partial charge in [0.05, 0.1) is 18.3 Å². The molecule has 2 rings (SSSR count). The minimum atomic E-state index is -0.846. The lowest BCUT2D eigenvalue weighted by molar-refractivity contribution is -0.125. The summed E-state index contributed by atoms with van der Waals surface area (Å²) < 4.78 is 17.3. The third kappa shape index (κ3) is 11.1. The van der Waals surface area contributed by atoms with Crippen molar-refractivity contribution in [2.45, 2.75) is 83.5 Å². The number of likely N-dealkylation sites (tertiary alicyclic amines) is 1. The quantitative estimate of drug-likeness (QED) is 0.248. The molecule has 1 saturated heterocycles. The number of carbonyl (C=O) groups is 5. The van der Waals surface area contributed by atoms with Gasteiger partial charge in [-0.3, -0.25) is 14.4 Å². The second-order valence-electron chi connectivity index (χ2n) is 11.1. The molecule has 0 aromatic heterocycles. The summed E-state index contributed by atoms with van der Waals surface area (Å²) >= 11 is 0. The molecule has 1 aliphatic heterocycles. The molecule has 0 aliphatic carbocycles. The van der Waals surface area contributed by atoms with Crippen LogP contribution in [0.5, 0.6) is 5.75 Å². The Balaban J connectivity index is 1.76. The van der Waals surface area contributed by atoms with E-state index in [1.54, 1.807) is 11.0 Å². The summed E-state index contributed by atoms with van der Waals surface area (Å²) in [5.74, 6) is -0.450. The maximum absolute atomic E-state index is 13.2. The topological polar surface area (TPSA) is 132 Å². The van der Waals surface area contributed by atoms with Crippen molar-refractivity contribution in [3.8, 4) is 5.75 Å². The van der Waals surface area contributed by atoms with E-state index in [4.69, 9.17) is 14.2 Å². The number of unbranched alkanes of at least 4 members (excludes halogenated alkanes) is 2. The highest BCUT2D eigenvalue weighted by Gasteiger charge is 2.29. The summed E-state index contributed by atoms with van der Waals surface area (Å²) in [6.45, 7) is 7.89. The summed E-state index contributed by atoms with van der Waals surface area (Å²) in [6.07, 6.45) is 5.56. The molecular formula is C30H45N3O8. The van der Waals surface area contributed by atoms with Crippen LogP contribution < -0.4 is 10.1 Å². The van der Waals surface area contributed by atoms with Crippen LogP contribution in [0.15, 0.2) is 18.2 Å². The number of carbonyl (C=O) groups excluding carboxylic acids is 5. The first kappa shape index (κ1) is 33.7. The maximum atomic E-state index is 13.2. The van der Waals surface area contributed by atoms with Crippen molar-refractivity contribution in [3.05, 3.63) is 29.3 Å². The van der Waals surface area contributed by atoms with E-state index < -0.39 is 23.5 Å². The van der Waals surface area contributed by atoms with Gasteiger partial charge in [0, 0.05) is 45.8 Å². The zero-order valence-electron chi connectivity index (χ0n) is 25.0. The molecule has 1 unspecified atom stereocenters. The monoisotopic (exact) mass is 575 g/mol. The van der Waals surface area contributed by atoms with Gasteiger partial charge in [-0.25, -0.2) is 4.79 Å². The highest BCUT2D eigenvalue weighted by molar-refractivity contribution is 6.03. The fraction of sp³-hybridized carbons (Fsp3) is 0.633. The molecule has 1 heterocycles. The molecule has 1 N–H and O–H groups in total. The molecule has 11 nitrogen and oxygen atoms in total. The molecule has 0 saturated carbocycles. The molecule has 0 radical (unpaired) electrons. The van der Waals surface area contributed by atoms with Gasteiger partial charge in [-0.15, -0.1) is 0 Å².